The number of nitrogens with one attached hydrogen (secondary N) is 1. The number of benzene rings is 2. The van der Waals surface area contributed by atoms with Crippen LogP contribution in [0.5, 0.6) is 11.5 Å². The number of hydrogen-bond acceptors (Lipinski definition) is 8. The molecule has 10 heteroatoms. The normalized spacial score (nSPS) is 14.0. The molecule has 0 aliphatic heterocycles. The Hall–Kier alpha value is -2.42. The van der Waals surface area contributed by atoms with Crippen molar-refractivity contribution in [2.45, 2.75) is 19.5 Å². The zero-order valence-electron chi connectivity index (χ0n) is 15.2. The van der Waals surface area contributed by atoms with Crippen molar-refractivity contribution in [3.63, 3.8) is 0 Å². The van der Waals surface area contributed by atoms with Crippen LogP contribution >= 0.6 is 7.60 Å². The molecule has 28 heavy (non-hydrogen) atoms. The third kappa shape index (κ3) is 7.30. The summed E-state index contributed by atoms with van der Waals surface area (Å²) in [5.74, 6) is -2.02. The topological polar surface area (TPSA) is 124 Å². The second-order valence-corrected chi connectivity index (χ2v) is 7.29. The number of esters is 1. The van der Waals surface area contributed by atoms with E-state index in [0.29, 0.717) is 12.4 Å². The summed E-state index contributed by atoms with van der Waals surface area (Å²) in [5, 5.41) is 11.8. The third-order valence-electron chi connectivity index (χ3n) is 3.36. The van der Waals surface area contributed by atoms with E-state index in [-0.39, 0.29) is 12.4 Å². The minimum Gasteiger partial charge on any atom is -0.489 e. The summed E-state index contributed by atoms with van der Waals surface area (Å²) < 4.78 is 26.6. The largest absolute Gasteiger partial charge is 0.489 e. The molecule has 0 aliphatic rings. The van der Waals surface area contributed by atoms with Gasteiger partial charge in [0.2, 0.25) is 5.97 Å². The highest BCUT2D eigenvalue weighted by atomic mass is 31.2. The molecule has 3 N–H and O–H groups in total. The van der Waals surface area contributed by atoms with Crippen LogP contribution in [0.15, 0.2) is 54.6 Å². The van der Waals surface area contributed by atoms with Gasteiger partial charge in [0, 0.05) is 0 Å². The van der Waals surface area contributed by atoms with Crippen molar-refractivity contribution in [2.24, 2.45) is 0 Å². The Morgan fingerprint density at radius 1 is 1.11 bits per heavy atom. The Bertz CT molecular complexity index is 784. The number of carbonyl (C=O) groups excluding carboxylic acids is 1. The lowest BCUT2D eigenvalue weighted by molar-refractivity contribution is -0.142. The van der Waals surface area contributed by atoms with Crippen molar-refractivity contribution in [1.29, 1.82) is 0 Å². The number of ether oxygens (including phenoxy) is 2. The minimum atomic E-state index is -4.61. The SMILES string of the molecule is CCOC(=O)CNC(O)P(=O)(O)OOc1ccc(OCc2ccccc2)cc1. The van der Waals surface area contributed by atoms with Gasteiger partial charge in [0.05, 0.1) is 13.2 Å². The molecule has 152 valence electrons. The molecular weight excluding hydrogens is 389 g/mol. The van der Waals surface area contributed by atoms with Crippen molar-refractivity contribution < 1.29 is 38.4 Å². The molecule has 0 bridgehead atoms. The number of hydrogen-bond donors (Lipinski definition) is 3. The Morgan fingerprint density at radius 2 is 1.75 bits per heavy atom. The maximum Gasteiger partial charge on any atom is 0.408 e. The summed E-state index contributed by atoms with van der Waals surface area (Å²) >= 11 is 0. The van der Waals surface area contributed by atoms with E-state index in [4.69, 9.17) is 9.62 Å². The molecule has 2 aromatic rings. The molecule has 0 fully saturated rings. The highest BCUT2D eigenvalue weighted by Gasteiger charge is 2.33. The zero-order chi connectivity index (χ0) is 20.4. The van der Waals surface area contributed by atoms with Crippen LogP contribution in [-0.4, -0.2) is 35.1 Å². The smallest absolute Gasteiger partial charge is 0.408 e. The number of carbonyl (C=O) groups is 1. The first-order chi connectivity index (χ1) is 13.4. The second kappa shape index (κ2) is 10.8. The predicted octanol–water partition coefficient (Wildman–Crippen LogP) is 2.19. The Balaban J connectivity index is 1.79. The fraction of sp³-hybridized carbons (Fsp3) is 0.278. The molecule has 0 aromatic heterocycles. The van der Waals surface area contributed by atoms with Crippen LogP contribution in [0, 0.1) is 0 Å². The van der Waals surface area contributed by atoms with Crippen LogP contribution in [0.1, 0.15) is 12.5 Å². The van der Waals surface area contributed by atoms with E-state index in [1.54, 1.807) is 19.1 Å². The minimum absolute atomic E-state index is 0.124. The molecule has 0 aliphatic carbocycles. The molecule has 2 rings (SSSR count). The molecule has 2 aromatic carbocycles. The first-order valence-electron chi connectivity index (χ1n) is 8.43. The van der Waals surface area contributed by atoms with E-state index in [1.807, 2.05) is 30.3 Å². The van der Waals surface area contributed by atoms with E-state index in [9.17, 15) is 19.4 Å². The summed E-state index contributed by atoms with van der Waals surface area (Å²) in [6.45, 7) is 1.69. The van der Waals surface area contributed by atoms with Crippen molar-refractivity contribution >= 4 is 13.6 Å². The molecule has 0 radical (unpaired) electrons. The Labute approximate surface area is 162 Å². The van der Waals surface area contributed by atoms with Gasteiger partial charge in [-0.05, 0) is 36.8 Å². The van der Waals surface area contributed by atoms with Gasteiger partial charge >= 0.3 is 13.6 Å². The van der Waals surface area contributed by atoms with Crippen LogP contribution in [0.2, 0.25) is 0 Å². The van der Waals surface area contributed by atoms with Gasteiger partial charge in [0.15, 0.2) is 5.75 Å². The van der Waals surface area contributed by atoms with Crippen LogP contribution in [0.4, 0.5) is 0 Å². The molecule has 0 amide bonds. The fourth-order valence-corrected chi connectivity index (χ4v) is 2.57. The molecule has 9 nitrogen and oxygen atoms in total. The van der Waals surface area contributed by atoms with Gasteiger partial charge in [0.1, 0.15) is 12.4 Å². The third-order valence-corrected chi connectivity index (χ3v) is 4.44. The maximum absolute atomic E-state index is 11.9. The molecule has 0 saturated heterocycles. The highest BCUT2D eigenvalue weighted by Crippen LogP contribution is 2.45. The van der Waals surface area contributed by atoms with E-state index < -0.39 is 26.1 Å². The van der Waals surface area contributed by atoms with Crippen LogP contribution < -0.4 is 14.9 Å². The van der Waals surface area contributed by atoms with Crippen LogP contribution in [0.3, 0.4) is 0 Å². The molecule has 0 heterocycles. The van der Waals surface area contributed by atoms with Gasteiger partial charge in [-0.15, -0.1) is 0 Å². The number of aliphatic hydroxyl groups is 1. The summed E-state index contributed by atoms with van der Waals surface area (Å²) in [6.07, 6.45) is 0. The van der Waals surface area contributed by atoms with Crippen molar-refractivity contribution in [1.82, 2.24) is 5.32 Å². The van der Waals surface area contributed by atoms with Gasteiger partial charge in [0.25, 0.3) is 0 Å². The van der Waals surface area contributed by atoms with Gasteiger partial charge in [-0.3, -0.25) is 14.7 Å². The summed E-state index contributed by atoms with van der Waals surface area (Å²) in [7, 11) is -4.61. The van der Waals surface area contributed by atoms with Crippen molar-refractivity contribution in [3.05, 3.63) is 60.2 Å². The summed E-state index contributed by atoms with van der Waals surface area (Å²) in [5.41, 5.74) is 1.01. The molecule has 0 saturated carbocycles. The standard InChI is InChI=1S/C18H22NO8P/c1-2-24-17(20)12-19-18(21)28(22,23)27-26-16-10-8-15(9-11-16)25-13-14-6-4-3-5-7-14/h3-11,18-19,21H,2,12-13H2,1H3,(H,22,23). The second-order valence-electron chi connectivity index (χ2n) is 5.53. The average Bonchev–Trinajstić information content (AvgIpc) is 2.70. The first-order valence-corrected chi connectivity index (χ1v) is 10.1. The van der Waals surface area contributed by atoms with Gasteiger partial charge < -0.3 is 24.4 Å². The monoisotopic (exact) mass is 411 g/mol. The van der Waals surface area contributed by atoms with Crippen LogP contribution in [-0.2, 0) is 25.4 Å². The lowest BCUT2D eigenvalue weighted by atomic mass is 10.2. The Morgan fingerprint density at radius 3 is 2.39 bits per heavy atom. The first kappa shape index (κ1) is 21.9. The van der Waals surface area contributed by atoms with Crippen molar-refractivity contribution in [2.75, 3.05) is 13.2 Å². The van der Waals surface area contributed by atoms with E-state index in [1.165, 1.54) is 12.1 Å². The quantitative estimate of drug-likeness (QED) is 0.168. The highest BCUT2D eigenvalue weighted by molar-refractivity contribution is 7.53. The van der Waals surface area contributed by atoms with E-state index in [2.05, 4.69) is 14.7 Å². The molecule has 0 spiro atoms. The predicted molar refractivity (Wildman–Crippen MR) is 99.4 cm³/mol. The maximum atomic E-state index is 11.9. The summed E-state index contributed by atoms with van der Waals surface area (Å²) in [6, 6.07) is 15.7. The van der Waals surface area contributed by atoms with E-state index >= 15 is 0 Å². The lowest BCUT2D eigenvalue weighted by Gasteiger charge is -2.17. The Kier molecular flexibility index (Phi) is 8.43. The van der Waals surface area contributed by atoms with Gasteiger partial charge in [-0.25, -0.2) is 0 Å². The average molecular weight is 411 g/mol. The fourth-order valence-electron chi connectivity index (χ4n) is 1.97. The molecular formula is C18H22NO8P. The van der Waals surface area contributed by atoms with Gasteiger partial charge in [-0.1, -0.05) is 35.0 Å². The van der Waals surface area contributed by atoms with Crippen LogP contribution in [0.25, 0.3) is 0 Å². The van der Waals surface area contributed by atoms with E-state index in [0.717, 1.165) is 5.56 Å². The van der Waals surface area contributed by atoms with Gasteiger partial charge in [-0.2, -0.15) is 0 Å². The molecule has 2 unspecified atom stereocenters. The zero-order valence-corrected chi connectivity index (χ0v) is 16.1. The lowest BCUT2D eigenvalue weighted by Crippen LogP contribution is -2.34. The number of rotatable bonds is 11. The molecule has 2 atom stereocenters. The number of aliphatic hydroxyl groups excluding tert-OH is 1. The van der Waals surface area contributed by atoms with Crippen molar-refractivity contribution in [3.8, 4) is 11.5 Å². The summed E-state index contributed by atoms with van der Waals surface area (Å²) in [4.78, 5) is 25.6.